The van der Waals surface area contributed by atoms with Crippen LogP contribution in [0.2, 0.25) is 0 Å². The molecule has 2 aromatic heterocycles. The van der Waals surface area contributed by atoms with Crippen LogP contribution in [0.1, 0.15) is 17.3 Å². The van der Waals surface area contributed by atoms with Crippen molar-refractivity contribution in [3.05, 3.63) is 72.4 Å². The summed E-state index contributed by atoms with van der Waals surface area (Å²) in [5, 5.41) is 6.95. The first-order valence-electron chi connectivity index (χ1n) is 9.37. The highest BCUT2D eigenvalue weighted by molar-refractivity contribution is 5.90. The normalized spacial score (nSPS) is 10.5. The Morgan fingerprint density at radius 3 is 2.13 bits per heavy atom. The van der Waals surface area contributed by atoms with Gasteiger partial charge in [-0.25, -0.2) is 9.78 Å². The molecule has 0 saturated carbocycles. The van der Waals surface area contributed by atoms with Crippen LogP contribution in [0.4, 0.5) is 5.82 Å². The highest BCUT2D eigenvalue weighted by atomic mass is 16.5. The fraction of sp³-hybridized carbons (Fsp3) is 0.0909. The maximum absolute atomic E-state index is 11.7. The van der Waals surface area contributed by atoms with Gasteiger partial charge in [-0.15, -0.1) is 0 Å². The van der Waals surface area contributed by atoms with Crippen LogP contribution >= 0.6 is 0 Å². The molecule has 4 aromatic rings. The molecule has 1 N–H and O–H groups in total. The molecule has 2 aromatic carbocycles. The smallest absolute Gasteiger partial charge is 0.337 e. The highest BCUT2D eigenvalue weighted by Gasteiger charge is 2.15. The lowest BCUT2D eigenvalue weighted by Gasteiger charge is -2.10. The van der Waals surface area contributed by atoms with Crippen LogP contribution in [0.25, 0.3) is 28.7 Å². The standard InChI is InChI=1S/C22H18N6O3/c1-14(29)24-18-12-13-23-28(18)22-26-19(15-6-4-3-5-7-15)25-20(27-22)16-8-10-17(11-9-16)21(30)31-2/h3-13H,1-2H3,(H,24,29). The van der Waals surface area contributed by atoms with E-state index < -0.39 is 5.97 Å². The second kappa shape index (κ2) is 8.54. The number of aromatic nitrogens is 5. The van der Waals surface area contributed by atoms with Crippen molar-refractivity contribution in [2.45, 2.75) is 6.92 Å². The Balaban J connectivity index is 1.84. The molecule has 9 nitrogen and oxygen atoms in total. The minimum absolute atomic E-state index is 0.238. The van der Waals surface area contributed by atoms with Gasteiger partial charge in [-0.2, -0.15) is 19.7 Å². The fourth-order valence-electron chi connectivity index (χ4n) is 2.92. The molecule has 9 heteroatoms. The first-order chi connectivity index (χ1) is 15.0. The number of hydrogen-bond donors (Lipinski definition) is 1. The van der Waals surface area contributed by atoms with Crippen LogP contribution in [-0.4, -0.2) is 43.7 Å². The van der Waals surface area contributed by atoms with E-state index in [0.29, 0.717) is 28.6 Å². The van der Waals surface area contributed by atoms with Crippen molar-refractivity contribution in [3.8, 4) is 28.7 Å². The largest absolute Gasteiger partial charge is 0.465 e. The molecular weight excluding hydrogens is 396 g/mol. The summed E-state index contributed by atoms with van der Waals surface area (Å²) in [6.45, 7) is 1.41. The Labute approximate surface area is 177 Å². The van der Waals surface area contributed by atoms with Gasteiger partial charge in [0.25, 0.3) is 5.95 Å². The van der Waals surface area contributed by atoms with E-state index in [1.807, 2.05) is 30.3 Å². The molecule has 0 fully saturated rings. The van der Waals surface area contributed by atoms with Crippen LogP contribution in [-0.2, 0) is 9.53 Å². The predicted octanol–water partition coefficient (Wildman–Crippen LogP) is 3.14. The lowest BCUT2D eigenvalue weighted by Crippen LogP contribution is -2.14. The van der Waals surface area contributed by atoms with Gasteiger partial charge in [0.1, 0.15) is 5.82 Å². The average Bonchev–Trinajstić information content (AvgIpc) is 3.26. The third-order valence-corrected chi connectivity index (χ3v) is 4.36. The van der Waals surface area contributed by atoms with Gasteiger partial charge in [0, 0.05) is 24.1 Å². The summed E-state index contributed by atoms with van der Waals surface area (Å²) in [7, 11) is 1.33. The summed E-state index contributed by atoms with van der Waals surface area (Å²) in [6.07, 6.45) is 1.54. The average molecular weight is 414 g/mol. The molecule has 31 heavy (non-hydrogen) atoms. The highest BCUT2D eigenvalue weighted by Crippen LogP contribution is 2.23. The van der Waals surface area contributed by atoms with Crippen molar-refractivity contribution in [1.82, 2.24) is 24.7 Å². The van der Waals surface area contributed by atoms with Crippen molar-refractivity contribution in [2.24, 2.45) is 0 Å². The maximum atomic E-state index is 11.7. The molecule has 0 unspecified atom stereocenters. The summed E-state index contributed by atoms with van der Waals surface area (Å²) >= 11 is 0. The molecule has 0 bridgehead atoms. The van der Waals surface area contributed by atoms with Crippen LogP contribution in [0.15, 0.2) is 66.9 Å². The van der Waals surface area contributed by atoms with Crippen LogP contribution in [0, 0.1) is 0 Å². The monoisotopic (exact) mass is 414 g/mol. The number of methoxy groups -OCH3 is 1. The summed E-state index contributed by atoms with van der Waals surface area (Å²) in [4.78, 5) is 37.0. The summed E-state index contributed by atoms with van der Waals surface area (Å²) in [5.74, 6) is 0.855. The van der Waals surface area contributed by atoms with Gasteiger partial charge in [-0.3, -0.25) is 4.79 Å². The Kier molecular flexibility index (Phi) is 5.48. The van der Waals surface area contributed by atoms with E-state index in [4.69, 9.17) is 4.74 Å². The van der Waals surface area contributed by atoms with Crippen molar-refractivity contribution < 1.29 is 14.3 Å². The van der Waals surface area contributed by atoms with E-state index in [9.17, 15) is 9.59 Å². The first kappa shape index (κ1) is 19.9. The lowest BCUT2D eigenvalue weighted by atomic mass is 10.1. The second-order valence-electron chi connectivity index (χ2n) is 6.53. The molecule has 0 spiro atoms. The van der Waals surface area contributed by atoms with Gasteiger partial charge in [0.15, 0.2) is 11.6 Å². The number of rotatable bonds is 5. The van der Waals surface area contributed by atoms with Gasteiger partial charge in [-0.1, -0.05) is 42.5 Å². The number of ether oxygens (including phenoxy) is 1. The van der Waals surface area contributed by atoms with Crippen molar-refractivity contribution in [2.75, 3.05) is 12.4 Å². The molecule has 0 saturated heterocycles. The third kappa shape index (κ3) is 4.30. The minimum Gasteiger partial charge on any atom is -0.465 e. The number of hydrogen-bond acceptors (Lipinski definition) is 7. The maximum Gasteiger partial charge on any atom is 0.337 e. The van der Waals surface area contributed by atoms with Crippen LogP contribution < -0.4 is 5.32 Å². The van der Waals surface area contributed by atoms with Crippen LogP contribution in [0.5, 0.6) is 0 Å². The van der Waals surface area contributed by atoms with Crippen molar-refractivity contribution >= 4 is 17.7 Å². The number of carbonyl (C=O) groups is 2. The number of amides is 1. The molecular formula is C22H18N6O3. The number of esters is 1. The van der Waals surface area contributed by atoms with Gasteiger partial charge < -0.3 is 10.1 Å². The quantitative estimate of drug-likeness (QED) is 0.499. The molecule has 4 rings (SSSR count). The number of anilines is 1. The molecule has 0 aliphatic heterocycles. The van der Waals surface area contributed by atoms with E-state index in [1.54, 1.807) is 36.5 Å². The van der Waals surface area contributed by atoms with E-state index >= 15 is 0 Å². The molecule has 2 heterocycles. The number of carbonyl (C=O) groups excluding carboxylic acids is 2. The van der Waals surface area contributed by atoms with E-state index in [-0.39, 0.29) is 11.9 Å². The summed E-state index contributed by atoms with van der Waals surface area (Å²) < 4.78 is 6.18. The zero-order valence-electron chi connectivity index (χ0n) is 16.8. The fourth-order valence-corrected chi connectivity index (χ4v) is 2.92. The Bertz CT molecular complexity index is 1240. The molecule has 0 aliphatic carbocycles. The van der Waals surface area contributed by atoms with E-state index in [0.717, 1.165) is 5.56 Å². The Morgan fingerprint density at radius 2 is 1.52 bits per heavy atom. The van der Waals surface area contributed by atoms with Crippen molar-refractivity contribution in [3.63, 3.8) is 0 Å². The molecule has 0 atom stereocenters. The predicted molar refractivity (Wildman–Crippen MR) is 113 cm³/mol. The zero-order chi connectivity index (χ0) is 21.8. The zero-order valence-corrected chi connectivity index (χ0v) is 16.8. The summed E-state index contributed by atoms with van der Waals surface area (Å²) in [5.41, 5.74) is 1.90. The number of benzene rings is 2. The van der Waals surface area contributed by atoms with E-state index in [2.05, 4.69) is 25.4 Å². The van der Waals surface area contributed by atoms with Gasteiger partial charge in [0.2, 0.25) is 5.91 Å². The van der Waals surface area contributed by atoms with Gasteiger partial charge in [-0.05, 0) is 12.1 Å². The first-order valence-corrected chi connectivity index (χ1v) is 9.37. The van der Waals surface area contributed by atoms with Crippen molar-refractivity contribution in [1.29, 1.82) is 0 Å². The number of nitrogens with zero attached hydrogens (tertiary/aromatic N) is 5. The third-order valence-electron chi connectivity index (χ3n) is 4.36. The minimum atomic E-state index is -0.427. The van der Waals surface area contributed by atoms with E-state index in [1.165, 1.54) is 18.7 Å². The molecule has 0 radical (unpaired) electrons. The topological polar surface area (TPSA) is 112 Å². The second-order valence-corrected chi connectivity index (χ2v) is 6.53. The number of nitrogens with one attached hydrogen (secondary N) is 1. The Morgan fingerprint density at radius 1 is 0.871 bits per heavy atom. The molecule has 1 amide bonds. The summed E-state index contributed by atoms with van der Waals surface area (Å²) in [6, 6.07) is 17.9. The van der Waals surface area contributed by atoms with Gasteiger partial charge >= 0.3 is 5.97 Å². The van der Waals surface area contributed by atoms with Gasteiger partial charge in [0.05, 0.1) is 18.9 Å². The Hall–Kier alpha value is -4.40. The van der Waals surface area contributed by atoms with Crippen LogP contribution in [0.3, 0.4) is 0 Å². The SMILES string of the molecule is COC(=O)c1ccc(-c2nc(-c3ccccc3)nc(-n3nccc3NC(C)=O)n2)cc1. The lowest BCUT2D eigenvalue weighted by molar-refractivity contribution is -0.114. The molecule has 0 aliphatic rings. The molecule has 154 valence electrons.